The first-order valence-electron chi connectivity index (χ1n) is 5.79. The van der Waals surface area contributed by atoms with Crippen molar-refractivity contribution in [3.05, 3.63) is 64.7 Å². The molecule has 3 nitrogen and oxygen atoms in total. The maximum Gasteiger partial charge on any atom is 0.328 e. The summed E-state index contributed by atoms with van der Waals surface area (Å²) in [6.07, 6.45) is 2.14. The van der Waals surface area contributed by atoms with Crippen LogP contribution in [0.5, 0.6) is 11.5 Å². The summed E-state index contributed by atoms with van der Waals surface area (Å²) in [5.41, 5.74) is 0.365. The third-order valence-corrected chi connectivity index (χ3v) is 2.80. The van der Waals surface area contributed by atoms with Crippen LogP contribution >= 0.6 is 11.6 Å². The molecule has 0 amide bonds. The number of aliphatic carboxylic acids is 1. The van der Waals surface area contributed by atoms with Crippen LogP contribution in [0, 0.1) is 11.6 Å². The second-order valence-electron chi connectivity index (χ2n) is 4.04. The summed E-state index contributed by atoms with van der Waals surface area (Å²) in [6, 6.07) is 7.66. The van der Waals surface area contributed by atoms with Crippen LogP contribution in [0.2, 0.25) is 5.02 Å². The fraction of sp³-hybridized carbons (Fsp3) is 0. The number of ether oxygens (including phenoxy) is 1. The summed E-state index contributed by atoms with van der Waals surface area (Å²) in [5, 5.41) is 8.43. The molecule has 0 aliphatic carbocycles. The topological polar surface area (TPSA) is 46.5 Å². The molecule has 0 atom stereocenters. The predicted octanol–water partition coefficient (Wildman–Crippen LogP) is 4.51. The van der Waals surface area contributed by atoms with Gasteiger partial charge >= 0.3 is 5.97 Å². The molecular formula is C15H9ClF2O3. The molecule has 1 N–H and O–H groups in total. The lowest BCUT2D eigenvalue weighted by molar-refractivity contribution is -0.131. The lowest BCUT2D eigenvalue weighted by atomic mass is 10.2. The Morgan fingerprint density at radius 1 is 1.14 bits per heavy atom. The minimum Gasteiger partial charge on any atom is -0.478 e. The Labute approximate surface area is 124 Å². The van der Waals surface area contributed by atoms with Crippen LogP contribution in [-0.2, 0) is 4.79 Å². The normalized spacial score (nSPS) is 10.8. The van der Waals surface area contributed by atoms with Crippen molar-refractivity contribution in [2.45, 2.75) is 0 Å². The molecule has 0 radical (unpaired) electrons. The van der Waals surface area contributed by atoms with E-state index in [1.54, 1.807) is 0 Å². The quantitative estimate of drug-likeness (QED) is 0.845. The molecule has 108 valence electrons. The zero-order chi connectivity index (χ0) is 15.4. The van der Waals surface area contributed by atoms with Crippen molar-refractivity contribution in [2.24, 2.45) is 0 Å². The number of carboxylic acid groups (broad SMARTS) is 1. The standard InChI is InChI=1S/C15H9ClF2O3/c16-11-4-3-10(8-12(11)17)21-14-5-1-9(7-13(14)18)2-6-15(19)20/h1-8H,(H,19,20)/b6-2+. The van der Waals surface area contributed by atoms with Crippen molar-refractivity contribution in [1.82, 2.24) is 0 Å². The zero-order valence-corrected chi connectivity index (χ0v) is 11.3. The van der Waals surface area contributed by atoms with E-state index in [2.05, 4.69) is 0 Å². The van der Waals surface area contributed by atoms with Crippen LogP contribution < -0.4 is 4.74 Å². The highest BCUT2D eigenvalue weighted by Gasteiger charge is 2.07. The summed E-state index contributed by atoms with van der Waals surface area (Å²) < 4.78 is 32.3. The third kappa shape index (κ3) is 4.03. The SMILES string of the molecule is O=C(O)/C=C/c1ccc(Oc2ccc(Cl)c(F)c2)c(F)c1. The van der Waals surface area contributed by atoms with Crippen LogP contribution in [0.4, 0.5) is 8.78 Å². The summed E-state index contributed by atoms with van der Waals surface area (Å²) in [7, 11) is 0. The molecule has 2 aromatic carbocycles. The van der Waals surface area contributed by atoms with Gasteiger partial charge in [-0.1, -0.05) is 17.7 Å². The number of hydrogen-bond acceptors (Lipinski definition) is 2. The van der Waals surface area contributed by atoms with Crippen molar-refractivity contribution >= 4 is 23.6 Å². The Morgan fingerprint density at radius 3 is 2.52 bits per heavy atom. The maximum absolute atomic E-state index is 13.8. The van der Waals surface area contributed by atoms with Crippen molar-refractivity contribution in [3.8, 4) is 11.5 Å². The Kier molecular flexibility index (Phi) is 4.55. The Morgan fingerprint density at radius 2 is 1.90 bits per heavy atom. The fourth-order valence-electron chi connectivity index (χ4n) is 1.54. The number of halogens is 3. The van der Waals surface area contributed by atoms with E-state index < -0.39 is 17.6 Å². The van der Waals surface area contributed by atoms with Gasteiger partial charge in [0.1, 0.15) is 11.6 Å². The van der Waals surface area contributed by atoms with Gasteiger partial charge in [-0.3, -0.25) is 0 Å². The molecule has 2 aromatic rings. The van der Waals surface area contributed by atoms with Crippen molar-refractivity contribution in [2.75, 3.05) is 0 Å². The predicted molar refractivity (Wildman–Crippen MR) is 74.6 cm³/mol. The van der Waals surface area contributed by atoms with E-state index in [1.165, 1.54) is 30.3 Å². The van der Waals surface area contributed by atoms with E-state index in [0.29, 0.717) is 5.56 Å². The molecule has 0 aromatic heterocycles. The van der Waals surface area contributed by atoms with Gasteiger partial charge in [0.15, 0.2) is 11.6 Å². The zero-order valence-electron chi connectivity index (χ0n) is 10.5. The molecule has 2 rings (SSSR count). The molecule has 0 saturated carbocycles. The summed E-state index contributed by atoms with van der Waals surface area (Å²) in [4.78, 5) is 10.4. The summed E-state index contributed by atoms with van der Waals surface area (Å²) in [5.74, 6) is -2.50. The lowest BCUT2D eigenvalue weighted by Gasteiger charge is -2.07. The van der Waals surface area contributed by atoms with Gasteiger partial charge in [0.25, 0.3) is 0 Å². The van der Waals surface area contributed by atoms with Gasteiger partial charge < -0.3 is 9.84 Å². The van der Waals surface area contributed by atoms with Gasteiger partial charge in [0.05, 0.1) is 5.02 Å². The highest BCUT2D eigenvalue weighted by Crippen LogP contribution is 2.28. The highest BCUT2D eigenvalue weighted by molar-refractivity contribution is 6.30. The molecule has 0 spiro atoms. The summed E-state index contributed by atoms with van der Waals surface area (Å²) >= 11 is 5.54. The molecule has 21 heavy (non-hydrogen) atoms. The van der Waals surface area contributed by atoms with Crippen LogP contribution in [0.15, 0.2) is 42.5 Å². The van der Waals surface area contributed by atoms with Crippen molar-refractivity contribution in [1.29, 1.82) is 0 Å². The number of carbonyl (C=O) groups is 1. The third-order valence-electron chi connectivity index (χ3n) is 2.49. The monoisotopic (exact) mass is 310 g/mol. The first-order valence-corrected chi connectivity index (χ1v) is 6.17. The highest BCUT2D eigenvalue weighted by atomic mass is 35.5. The van der Waals surface area contributed by atoms with Gasteiger partial charge in [0, 0.05) is 12.1 Å². The molecule has 6 heteroatoms. The van der Waals surface area contributed by atoms with Gasteiger partial charge in [-0.2, -0.15) is 0 Å². The average Bonchev–Trinajstić information content (AvgIpc) is 2.43. The molecule has 0 heterocycles. The molecule has 0 unspecified atom stereocenters. The minimum absolute atomic E-state index is 0.0584. The molecule has 0 bridgehead atoms. The molecule has 0 fully saturated rings. The smallest absolute Gasteiger partial charge is 0.328 e. The number of hydrogen-bond donors (Lipinski definition) is 1. The van der Waals surface area contributed by atoms with Crippen LogP contribution in [-0.4, -0.2) is 11.1 Å². The Hall–Kier alpha value is -2.40. The number of benzene rings is 2. The first-order chi connectivity index (χ1) is 9.95. The van der Waals surface area contributed by atoms with E-state index in [0.717, 1.165) is 18.2 Å². The molecule has 0 saturated heterocycles. The van der Waals surface area contributed by atoms with Crippen LogP contribution in [0.3, 0.4) is 0 Å². The second-order valence-corrected chi connectivity index (χ2v) is 4.45. The number of rotatable bonds is 4. The van der Waals surface area contributed by atoms with Gasteiger partial charge in [0.2, 0.25) is 0 Å². The minimum atomic E-state index is -1.13. The van der Waals surface area contributed by atoms with Crippen LogP contribution in [0.25, 0.3) is 6.08 Å². The van der Waals surface area contributed by atoms with Gasteiger partial charge in [-0.05, 0) is 35.9 Å². The Bertz CT molecular complexity index is 714. The second kappa shape index (κ2) is 6.37. The van der Waals surface area contributed by atoms with E-state index in [9.17, 15) is 13.6 Å². The summed E-state index contributed by atoms with van der Waals surface area (Å²) in [6.45, 7) is 0. The van der Waals surface area contributed by atoms with Crippen LogP contribution in [0.1, 0.15) is 5.56 Å². The van der Waals surface area contributed by atoms with Crippen molar-refractivity contribution in [3.63, 3.8) is 0 Å². The van der Waals surface area contributed by atoms with E-state index in [-0.39, 0.29) is 16.5 Å². The van der Waals surface area contributed by atoms with Crippen molar-refractivity contribution < 1.29 is 23.4 Å². The molecule has 0 aliphatic rings. The number of carboxylic acids is 1. The largest absolute Gasteiger partial charge is 0.478 e. The lowest BCUT2D eigenvalue weighted by Crippen LogP contribution is -1.91. The Balaban J connectivity index is 2.21. The molecule has 0 aliphatic heterocycles. The van der Waals surface area contributed by atoms with E-state index in [1.807, 2.05) is 0 Å². The van der Waals surface area contributed by atoms with Gasteiger partial charge in [-0.25, -0.2) is 13.6 Å². The maximum atomic E-state index is 13.8. The fourth-order valence-corrected chi connectivity index (χ4v) is 1.66. The molecular weight excluding hydrogens is 302 g/mol. The van der Waals surface area contributed by atoms with E-state index >= 15 is 0 Å². The average molecular weight is 311 g/mol. The van der Waals surface area contributed by atoms with Gasteiger partial charge in [-0.15, -0.1) is 0 Å². The first kappa shape index (κ1) is 15.0. The van der Waals surface area contributed by atoms with E-state index in [4.69, 9.17) is 21.4 Å².